The predicted octanol–water partition coefficient (Wildman–Crippen LogP) is 3.82. The monoisotopic (exact) mass is 455 g/mol. The van der Waals surface area contributed by atoms with E-state index in [1.165, 1.54) is 0 Å². The molecule has 0 saturated carbocycles. The smallest absolute Gasteiger partial charge is 0.213 e. The maximum Gasteiger partial charge on any atom is 0.213 e. The Labute approximate surface area is 199 Å². The Morgan fingerprint density at radius 2 is 2.00 bits per heavy atom. The SMILES string of the molecule is C.CC(C)[C@@H]1CN(c2ccc3nccn3n2)CCN1C(=Nc1cccc2ncccc12)NC#N. The fraction of sp³-hybridized carbons (Fsp3) is 0.320. The van der Waals surface area contributed by atoms with E-state index in [1.54, 1.807) is 16.9 Å². The van der Waals surface area contributed by atoms with Crippen LogP contribution in [0.25, 0.3) is 16.6 Å². The lowest BCUT2D eigenvalue weighted by atomic mass is 9.99. The highest BCUT2D eigenvalue weighted by atomic mass is 15.4. The van der Waals surface area contributed by atoms with Crippen LogP contribution in [0.1, 0.15) is 21.3 Å². The van der Waals surface area contributed by atoms with Gasteiger partial charge in [-0.3, -0.25) is 10.3 Å². The number of nitriles is 1. The molecule has 0 aliphatic carbocycles. The Balaban J connectivity index is 0.00000274. The number of imidazole rings is 1. The summed E-state index contributed by atoms with van der Waals surface area (Å²) >= 11 is 0. The molecule has 174 valence electrons. The zero-order chi connectivity index (χ0) is 22.8. The van der Waals surface area contributed by atoms with Crippen molar-refractivity contribution in [2.75, 3.05) is 24.5 Å². The van der Waals surface area contributed by atoms with Crippen LogP contribution in [-0.4, -0.2) is 56.1 Å². The molecule has 0 spiro atoms. The van der Waals surface area contributed by atoms with Gasteiger partial charge in [0.15, 0.2) is 11.8 Å². The number of benzene rings is 1. The Hall–Kier alpha value is -4.19. The molecule has 1 aliphatic heterocycles. The normalized spacial score (nSPS) is 16.5. The van der Waals surface area contributed by atoms with Gasteiger partial charge in [-0.25, -0.2) is 14.5 Å². The summed E-state index contributed by atoms with van der Waals surface area (Å²) in [5, 5.41) is 18.0. The van der Waals surface area contributed by atoms with E-state index in [1.807, 2.05) is 48.7 Å². The maximum absolute atomic E-state index is 9.48. The molecule has 4 heterocycles. The van der Waals surface area contributed by atoms with Gasteiger partial charge < -0.3 is 9.80 Å². The van der Waals surface area contributed by atoms with E-state index in [4.69, 9.17) is 10.1 Å². The quantitative estimate of drug-likeness (QED) is 0.217. The van der Waals surface area contributed by atoms with Gasteiger partial charge in [0.1, 0.15) is 5.82 Å². The number of hydrogen-bond donors (Lipinski definition) is 1. The standard InChI is InChI=1S/C24H25N9.CH4/c1-17(2)21-15-31(23-9-8-22-27-11-12-33(22)30-23)13-14-32(21)24(28-16-25)29-20-7-3-6-19-18(20)5-4-10-26-19;/h3-12,17,21H,13-15H2,1-2H3,(H,28,29);1H4/t21-;/m0./s1. The third-order valence-electron chi connectivity index (χ3n) is 6.04. The van der Waals surface area contributed by atoms with Gasteiger partial charge in [-0.2, -0.15) is 5.26 Å². The molecule has 1 aliphatic rings. The number of fused-ring (bicyclic) bond motifs is 2. The lowest BCUT2D eigenvalue weighted by Gasteiger charge is -2.44. The van der Waals surface area contributed by atoms with Crippen LogP contribution in [-0.2, 0) is 0 Å². The number of anilines is 1. The fourth-order valence-electron chi connectivity index (χ4n) is 4.34. The zero-order valence-corrected chi connectivity index (χ0v) is 18.6. The highest BCUT2D eigenvalue weighted by Crippen LogP contribution is 2.27. The first-order valence-corrected chi connectivity index (χ1v) is 11.0. The molecule has 1 N–H and O–H groups in total. The van der Waals surface area contributed by atoms with E-state index in [2.05, 4.69) is 45.1 Å². The van der Waals surface area contributed by atoms with Crippen LogP contribution in [0.3, 0.4) is 0 Å². The molecule has 9 nitrogen and oxygen atoms in total. The number of guanidine groups is 1. The highest BCUT2D eigenvalue weighted by Gasteiger charge is 2.32. The summed E-state index contributed by atoms with van der Waals surface area (Å²) in [6, 6.07) is 13.9. The van der Waals surface area contributed by atoms with E-state index in [0.717, 1.165) is 41.1 Å². The first-order chi connectivity index (χ1) is 16.1. The molecule has 34 heavy (non-hydrogen) atoms. The van der Waals surface area contributed by atoms with Crippen molar-refractivity contribution in [2.24, 2.45) is 10.9 Å². The van der Waals surface area contributed by atoms with Crippen LogP contribution in [0, 0.1) is 17.4 Å². The minimum absolute atomic E-state index is 0. The van der Waals surface area contributed by atoms with Gasteiger partial charge in [-0.1, -0.05) is 27.3 Å². The van der Waals surface area contributed by atoms with Crippen LogP contribution in [0.4, 0.5) is 11.5 Å². The molecule has 1 atom stereocenters. The van der Waals surface area contributed by atoms with Gasteiger partial charge in [0, 0.05) is 43.6 Å². The molecule has 1 saturated heterocycles. The van der Waals surface area contributed by atoms with Crippen LogP contribution < -0.4 is 10.2 Å². The first kappa shape index (κ1) is 23.0. The summed E-state index contributed by atoms with van der Waals surface area (Å²) in [4.78, 5) is 18.1. The molecule has 1 fully saturated rings. The average Bonchev–Trinajstić information content (AvgIpc) is 3.31. The molecule has 5 rings (SSSR count). The third-order valence-corrected chi connectivity index (χ3v) is 6.04. The zero-order valence-electron chi connectivity index (χ0n) is 18.6. The molecular formula is C25H29N9. The van der Waals surface area contributed by atoms with Crippen molar-refractivity contribution in [1.82, 2.24) is 29.8 Å². The molecule has 1 aromatic carbocycles. The van der Waals surface area contributed by atoms with Crippen molar-refractivity contribution < 1.29 is 0 Å². The number of aromatic nitrogens is 4. The molecule has 4 aromatic rings. The molecule has 9 heteroatoms. The van der Waals surface area contributed by atoms with E-state index < -0.39 is 0 Å². The van der Waals surface area contributed by atoms with E-state index in [0.29, 0.717) is 18.4 Å². The van der Waals surface area contributed by atoms with Gasteiger partial charge in [-0.05, 0) is 42.3 Å². The van der Waals surface area contributed by atoms with Crippen molar-refractivity contribution in [1.29, 1.82) is 5.26 Å². The Bertz CT molecular complexity index is 1350. The van der Waals surface area contributed by atoms with Crippen LogP contribution in [0.2, 0.25) is 0 Å². The summed E-state index contributed by atoms with van der Waals surface area (Å²) in [5.74, 6) is 1.81. The summed E-state index contributed by atoms with van der Waals surface area (Å²) in [6.45, 7) is 6.63. The Kier molecular flexibility index (Phi) is 6.59. The number of hydrogen-bond acceptors (Lipinski definition) is 6. The fourth-order valence-corrected chi connectivity index (χ4v) is 4.34. The lowest BCUT2D eigenvalue weighted by Crippen LogP contribution is -2.59. The average molecular weight is 456 g/mol. The lowest BCUT2D eigenvalue weighted by molar-refractivity contribution is 0.219. The van der Waals surface area contributed by atoms with Crippen molar-refractivity contribution in [3.8, 4) is 6.19 Å². The van der Waals surface area contributed by atoms with Crippen LogP contribution in [0.15, 0.2) is 66.0 Å². The van der Waals surface area contributed by atoms with Gasteiger partial charge in [0.2, 0.25) is 5.96 Å². The number of rotatable bonds is 3. The van der Waals surface area contributed by atoms with Gasteiger partial charge >= 0.3 is 0 Å². The molecule has 0 bridgehead atoms. The second-order valence-electron chi connectivity index (χ2n) is 8.39. The van der Waals surface area contributed by atoms with Crippen molar-refractivity contribution >= 4 is 34.0 Å². The third kappa shape index (κ3) is 4.35. The van der Waals surface area contributed by atoms with Crippen molar-refractivity contribution in [2.45, 2.75) is 27.3 Å². The number of piperazine rings is 1. The summed E-state index contributed by atoms with van der Waals surface area (Å²) in [7, 11) is 0. The summed E-state index contributed by atoms with van der Waals surface area (Å²) in [5.41, 5.74) is 2.49. The largest absolute Gasteiger partial charge is 0.351 e. The number of nitrogens with zero attached hydrogens (tertiary/aromatic N) is 8. The van der Waals surface area contributed by atoms with Crippen LogP contribution in [0.5, 0.6) is 0 Å². The van der Waals surface area contributed by atoms with Crippen molar-refractivity contribution in [3.63, 3.8) is 0 Å². The maximum atomic E-state index is 9.48. The predicted molar refractivity (Wildman–Crippen MR) is 135 cm³/mol. The second-order valence-corrected chi connectivity index (χ2v) is 8.39. The molecule has 0 unspecified atom stereocenters. The number of pyridine rings is 1. The second kappa shape index (κ2) is 9.75. The number of nitrogens with one attached hydrogen (secondary N) is 1. The van der Waals surface area contributed by atoms with E-state index in [-0.39, 0.29) is 13.5 Å². The first-order valence-electron chi connectivity index (χ1n) is 11.0. The molecular weight excluding hydrogens is 426 g/mol. The topological polar surface area (TPSA) is 97.7 Å². The Morgan fingerprint density at radius 3 is 2.82 bits per heavy atom. The van der Waals surface area contributed by atoms with E-state index >= 15 is 0 Å². The number of aliphatic imine (C=N–C) groups is 1. The summed E-state index contributed by atoms with van der Waals surface area (Å²) in [6.07, 6.45) is 7.46. The van der Waals surface area contributed by atoms with Gasteiger partial charge in [0.05, 0.1) is 17.2 Å². The molecule has 0 radical (unpaired) electrons. The van der Waals surface area contributed by atoms with Crippen molar-refractivity contribution in [3.05, 3.63) is 61.1 Å². The van der Waals surface area contributed by atoms with E-state index in [9.17, 15) is 5.26 Å². The van der Waals surface area contributed by atoms with Crippen LogP contribution >= 0.6 is 0 Å². The molecule has 3 aromatic heterocycles. The Morgan fingerprint density at radius 1 is 1.12 bits per heavy atom. The minimum Gasteiger partial charge on any atom is -0.351 e. The van der Waals surface area contributed by atoms with Gasteiger partial charge in [0.25, 0.3) is 0 Å². The van der Waals surface area contributed by atoms with Gasteiger partial charge in [-0.15, -0.1) is 5.10 Å². The minimum atomic E-state index is 0. The molecule has 0 amide bonds. The highest BCUT2D eigenvalue weighted by molar-refractivity contribution is 5.94. The summed E-state index contributed by atoms with van der Waals surface area (Å²) < 4.78 is 1.80.